The second kappa shape index (κ2) is 19.5. The van der Waals surface area contributed by atoms with Gasteiger partial charge < -0.3 is 29.9 Å². The molecular formula is C46H68HfN2Si3-4. The first-order chi connectivity index (χ1) is 23.1. The van der Waals surface area contributed by atoms with E-state index in [1.54, 1.807) is 0 Å². The van der Waals surface area contributed by atoms with Crippen molar-refractivity contribution in [2.75, 3.05) is 0 Å². The number of fused-ring (bicyclic) bond motifs is 2. The van der Waals surface area contributed by atoms with Crippen LogP contribution >= 0.6 is 0 Å². The first kappa shape index (κ1) is 47.9. The molecule has 0 aliphatic rings. The Morgan fingerprint density at radius 2 is 1.02 bits per heavy atom. The predicted octanol–water partition coefficient (Wildman–Crippen LogP) is 14.9. The summed E-state index contributed by atoms with van der Waals surface area (Å²) < 4.78 is 0. The minimum atomic E-state index is -0.861. The summed E-state index contributed by atoms with van der Waals surface area (Å²) in [5.74, 6) is 0.764. The molecule has 0 saturated carbocycles. The van der Waals surface area contributed by atoms with Crippen LogP contribution in [-0.4, -0.2) is 29.2 Å². The Hall–Kier alpha value is -2.13. The number of nitrogens with zero attached hydrogens (tertiary/aromatic N) is 2. The third-order valence-corrected chi connectivity index (χ3v) is 6.94. The van der Waals surface area contributed by atoms with Crippen LogP contribution in [0.3, 0.4) is 0 Å². The van der Waals surface area contributed by atoms with E-state index in [0.29, 0.717) is 6.54 Å². The standard InChI is InChI=1S/C34H35N2.3C4H11Si.Hf/c1-33(2,3)26-17-18-28-25(20-26)19-24-15-16-27(34(4,5)6)21-29(24)32(28)30-13-10-14-31(36-30)35-22-23-11-8-7-9-12-23;3*1-5(2,3)4;/h7-21H,22H2,1-6H3;3*1H2,2-4H3;/q4*-1;. The minimum Gasteiger partial charge on any atom is -0.461 e. The Balaban J connectivity index is 0.000000716. The van der Waals surface area contributed by atoms with Crippen LogP contribution in [0.2, 0.25) is 58.9 Å². The van der Waals surface area contributed by atoms with Crippen LogP contribution in [0.15, 0.2) is 91.0 Å². The van der Waals surface area contributed by atoms with Gasteiger partial charge in [0.2, 0.25) is 0 Å². The summed E-state index contributed by atoms with van der Waals surface area (Å²) in [5.41, 5.74) is 6.16. The summed E-state index contributed by atoms with van der Waals surface area (Å²) in [7, 11) is -2.58. The molecule has 6 heteroatoms. The van der Waals surface area contributed by atoms with Gasteiger partial charge in [-0.15, -0.1) is 24.2 Å². The smallest absolute Gasteiger partial charge is 0 e. The van der Waals surface area contributed by atoms with E-state index in [1.165, 1.54) is 43.8 Å². The average Bonchev–Trinajstić information content (AvgIpc) is 2.95. The number of hydrogen-bond donors (Lipinski definition) is 0. The van der Waals surface area contributed by atoms with Gasteiger partial charge in [0, 0.05) is 25.8 Å². The van der Waals surface area contributed by atoms with Crippen LogP contribution in [0.25, 0.3) is 38.1 Å². The van der Waals surface area contributed by atoms with Crippen molar-refractivity contribution in [1.29, 1.82) is 0 Å². The maximum absolute atomic E-state index is 5.05. The van der Waals surface area contributed by atoms with Crippen molar-refractivity contribution in [3.05, 3.63) is 133 Å². The zero-order valence-electron chi connectivity index (χ0n) is 35.4. The maximum atomic E-state index is 5.05. The van der Waals surface area contributed by atoms with E-state index in [-0.39, 0.29) is 36.7 Å². The van der Waals surface area contributed by atoms with Gasteiger partial charge in [-0.05, 0) is 79.0 Å². The van der Waals surface area contributed by atoms with Crippen LogP contribution in [-0.2, 0) is 43.2 Å². The fourth-order valence-corrected chi connectivity index (χ4v) is 4.74. The number of aromatic nitrogens is 1. The van der Waals surface area contributed by atoms with Crippen LogP contribution < -0.4 is 0 Å². The first-order valence-corrected chi connectivity index (χ1v) is 29.5. The molecule has 5 rings (SSSR count). The first-order valence-electron chi connectivity index (χ1n) is 18.4. The van der Waals surface area contributed by atoms with Crippen molar-refractivity contribution in [3.63, 3.8) is 0 Å². The van der Waals surface area contributed by atoms with Gasteiger partial charge in [0.05, 0.1) is 0 Å². The maximum Gasteiger partial charge on any atom is 0 e. The molecule has 0 bridgehead atoms. The van der Waals surface area contributed by atoms with Gasteiger partial charge in [-0.2, -0.15) is 0 Å². The summed E-state index contributed by atoms with van der Waals surface area (Å²) in [5, 5.41) is 9.78. The van der Waals surface area contributed by atoms with E-state index in [1.807, 2.05) is 12.1 Å². The van der Waals surface area contributed by atoms with E-state index in [0.717, 1.165) is 11.5 Å². The largest absolute Gasteiger partial charge is 0.461 e. The van der Waals surface area contributed by atoms with Crippen molar-refractivity contribution in [2.45, 2.75) is 118 Å². The number of hydrogen-bond acceptors (Lipinski definition) is 1. The Morgan fingerprint density at radius 1 is 0.538 bits per heavy atom. The Kier molecular flexibility index (Phi) is 17.9. The van der Waals surface area contributed by atoms with Crippen LogP contribution in [0.1, 0.15) is 58.2 Å². The molecule has 0 aliphatic carbocycles. The fourth-order valence-electron chi connectivity index (χ4n) is 4.74. The van der Waals surface area contributed by atoms with E-state index in [2.05, 4.69) is 199 Å². The van der Waals surface area contributed by atoms with Crippen LogP contribution in [0, 0.1) is 19.6 Å². The van der Waals surface area contributed by atoms with Crippen molar-refractivity contribution in [1.82, 2.24) is 4.98 Å². The van der Waals surface area contributed by atoms with Crippen molar-refractivity contribution < 1.29 is 25.8 Å². The fraction of sp³-hybridized carbons (Fsp3) is 0.391. The molecule has 1 aromatic heterocycles. The zero-order valence-corrected chi connectivity index (χ0v) is 42.0. The second-order valence-corrected chi connectivity index (χ2v) is 34.9. The van der Waals surface area contributed by atoms with Gasteiger partial charge in [-0.1, -0.05) is 185 Å². The molecule has 0 N–H and O–H groups in total. The Morgan fingerprint density at radius 3 is 1.52 bits per heavy atom. The van der Waals surface area contributed by atoms with Gasteiger partial charge in [-0.3, -0.25) is 0 Å². The van der Waals surface area contributed by atoms with E-state index >= 15 is 0 Å². The summed E-state index contributed by atoms with van der Waals surface area (Å²) in [4.78, 5) is 5.05. The number of pyridine rings is 1. The van der Waals surface area contributed by atoms with Crippen LogP contribution in [0.4, 0.5) is 5.82 Å². The van der Waals surface area contributed by atoms with Crippen molar-refractivity contribution in [2.24, 2.45) is 0 Å². The van der Waals surface area contributed by atoms with Gasteiger partial charge >= 0.3 is 0 Å². The molecule has 0 radical (unpaired) electrons. The summed E-state index contributed by atoms with van der Waals surface area (Å²) >= 11 is 0. The molecule has 5 aromatic rings. The average molecular weight is 912 g/mol. The normalized spacial score (nSPS) is 12.0. The summed E-state index contributed by atoms with van der Waals surface area (Å²) in [6.45, 7) is 45.9. The summed E-state index contributed by atoms with van der Waals surface area (Å²) in [6.07, 6.45) is 0. The van der Waals surface area contributed by atoms with E-state index < -0.39 is 24.2 Å². The third kappa shape index (κ3) is 18.8. The molecule has 4 aromatic carbocycles. The quantitative estimate of drug-likeness (QED) is 0.100. The number of rotatable bonds is 4. The molecule has 0 atom stereocenters. The van der Waals surface area contributed by atoms with E-state index in [9.17, 15) is 0 Å². The molecule has 2 nitrogen and oxygen atoms in total. The van der Waals surface area contributed by atoms with E-state index in [4.69, 9.17) is 10.3 Å². The molecule has 0 spiro atoms. The molecular weight excluding hydrogens is 843 g/mol. The van der Waals surface area contributed by atoms with Crippen LogP contribution in [0.5, 0.6) is 0 Å². The molecule has 0 unspecified atom stereocenters. The van der Waals surface area contributed by atoms with Gasteiger partial charge in [0.1, 0.15) is 0 Å². The molecule has 0 amide bonds. The Bertz CT molecular complexity index is 1790. The van der Waals surface area contributed by atoms with Gasteiger partial charge in [-0.25, -0.2) is 0 Å². The molecule has 0 saturated heterocycles. The van der Waals surface area contributed by atoms with Crippen molar-refractivity contribution in [3.8, 4) is 11.3 Å². The third-order valence-electron chi connectivity index (χ3n) is 6.94. The molecule has 1 heterocycles. The molecule has 0 aliphatic heterocycles. The van der Waals surface area contributed by atoms with Gasteiger partial charge in [0.25, 0.3) is 0 Å². The predicted molar refractivity (Wildman–Crippen MR) is 241 cm³/mol. The monoisotopic (exact) mass is 912 g/mol. The summed E-state index contributed by atoms with van der Waals surface area (Å²) in [6, 6.07) is 32.7. The molecule has 0 fully saturated rings. The Labute approximate surface area is 341 Å². The molecule has 282 valence electrons. The van der Waals surface area contributed by atoms with Crippen molar-refractivity contribution >= 4 is 51.6 Å². The molecule has 52 heavy (non-hydrogen) atoms. The van der Waals surface area contributed by atoms with Gasteiger partial charge in [0.15, 0.2) is 0 Å². The zero-order chi connectivity index (χ0) is 39.0. The number of benzene rings is 4. The minimum absolute atomic E-state index is 0. The SMILES string of the molecule is CC(C)(C)c1ccc2c(-c3cccc([N-]Cc4ccccc4)n3)c3cc(C(C)(C)C)ccc3cc2c1.[CH2-][Si](C)(C)C.[CH2-][Si](C)(C)C.[CH2-][Si](C)(C)C.[Hf]. The topological polar surface area (TPSA) is 27.0 Å². The second-order valence-electron chi connectivity index (χ2n) is 19.5.